The number of carbonyl (C=O) groups excluding carboxylic acids is 1. The maximum Gasteiger partial charge on any atom is 0.354 e. The molecule has 1 aromatic heterocycles. The molecule has 1 fully saturated rings. The van der Waals surface area contributed by atoms with Gasteiger partial charge >= 0.3 is 5.97 Å². The van der Waals surface area contributed by atoms with Gasteiger partial charge in [-0.05, 0) is 38.1 Å². The van der Waals surface area contributed by atoms with Gasteiger partial charge in [0.15, 0.2) is 5.43 Å². The minimum atomic E-state index is -0.556. The molecule has 1 aromatic carbocycles. The number of hydrogen-bond donors (Lipinski definition) is 1. The quantitative estimate of drug-likeness (QED) is 0.744. The lowest BCUT2D eigenvalue weighted by atomic mass is 10.2. The molecule has 0 amide bonds. The second kappa shape index (κ2) is 8.34. The lowest BCUT2D eigenvalue weighted by Gasteiger charge is -2.14. The molecule has 5 nitrogen and oxygen atoms in total. The second-order valence-electron chi connectivity index (χ2n) is 5.54. The highest BCUT2D eigenvalue weighted by Crippen LogP contribution is 2.24. The summed E-state index contributed by atoms with van der Waals surface area (Å²) in [6, 6.07) is 4.26. The van der Waals surface area contributed by atoms with Gasteiger partial charge in [0.05, 0.1) is 15.9 Å². The third kappa shape index (κ3) is 4.30. The van der Waals surface area contributed by atoms with Crippen LogP contribution >= 0.6 is 40.2 Å². The van der Waals surface area contributed by atoms with Crippen molar-refractivity contribution in [1.29, 1.82) is 0 Å². The summed E-state index contributed by atoms with van der Waals surface area (Å²) in [6.07, 6.45) is 2.38. The molecule has 1 saturated heterocycles. The van der Waals surface area contributed by atoms with Crippen LogP contribution < -0.4 is 5.43 Å². The first kappa shape index (κ1) is 19.2. The highest BCUT2D eigenvalue weighted by Gasteiger charge is 2.15. The fraction of sp³-hybridized carbons (Fsp3) is 0.375. The van der Waals surface area contributed by atoms with Gasteiger partial charge in [-0.15, -0.1) is 17.0 Å². The Morgan fingerprint density at radius 3 is 2.62 bits per heavy atom. The molecule has 24 heavy (non-hydrogen) atoms. The highest BCUT2D eigenvalue weighted by atomic mass is 79.9. The van der Waals surface area contributed by atoms with E-state index in [4.69, 9.17) is 27.9 Å². The first-order valence-electron chi connectivity index (χ1n) is 7.46. The first-order chi connectivity index (χ1) is 11.0. The topological polar surface area (TPSA) is 62.4 Å². The summed E-state index contributed by atoms with van der Waals surface area (Å²) in [7, 11) is 0. The number of rotatable bonds is 4. The van der Waals surface area contributed by atoms with Gasteiger partial charge < -0.3 is 9.72 Å². The van der Waals surface area contributed by atoms with Crippen LogP contribution in [0.4, 0.5) is 0 Å². The monoisotopic (exact) mass is 434 g/mol. The van der Waals surface area contributed by atoms with E-state index in [1.54, 1.807) is 6.07 Å². The number of likely N-dealkylation sites (tertiary alicyclic amines) is 1. The third-order valence-corrected chi connectivity index (χ3v) is 4.42. The van der Waals surface area contributed by atoms with Crippen molar-refractivity contribution >= 4 is 57.1 Å². The Hall–Kier alpha value is -1.08. The zero-order chi connectivity index (χ0) is 16.4. The average molecular weight is 436 g/mol. The van der Waals surface area contributed by atoms with E-state index in [1.807, 2.05) is 0 Å². The van der Waals surface area contributed by atoms with Crippen LogP contribution in [-0.2, 0) is 4.74 Å². The summed E-state index contributed by atoms with van der Waals surface area (Å²) >= 11 is 12.0. The van der Waals surface area contributed by atoms with E-state index in [1.165, 1.54) is 25.0 Å². The summed E-state index contributed by atoms with van der Waals surface area (Å²) in [5.41, 5.74) is 0.177. The van der Waals surface area contributed by atoms with Crippen LogP contribution in [0, 0.1) is 0 Å². The van der Waals surface area contributed by atoms with E-state index in [0.29, 0.717) is 29.1 Å². The zero-order valence-electron chi connectivity index (χ0n) is 12.8. The molecule has 0 aliphatic carbocycles. The number of aromatic nitrogens is 1. The summed E-state index contributed by atoms with van der Waals surface area (Å²) in [5, 5.41) is 0.949. The third-order valence-electron chi connectivity index (χ3n) is 3.91. The number of ether oxygens (including phenoxy) is 1. The van der Waals surface area contributed by atoms with E-state index in [9.17, 15) is 9.59 Å². The maximum atomic E-state index is 12.2. The smallest absolute Gasteiger partial charge is 0.354 e. The number of nitrogens with one attached hydrogen (secondary N) is 1. The maximum absolute atomic E-state index is 12.2. The van der Waals surface area contributed by atoms with Gasteiger partial charge in [-0.2, -0.15) is 0 Å². The largest absolute Gasteiger partial charge is 0.460 e. The normalized spacial score (nSPS) is 14.6. The fourth-order valence-corrected chi connectivity index (χ4v) is 3.35. The van der Waals surface area contributed by atoms with Gasteiger partial charge in [0.1, 0.15) is 12.3 Å². The van der Waals surface area contributed by atoms with Gasteiger partial charge in [0, 0.05) is 17.6 Å². The van der Waals surface area contributed by atoms with Crippen molar-refractivity contribution in [2.45, 2.75) is 12.8 Å². The average Bonchev–Trinajstić information content (AvgIpc) is 2.99. The lowest BCUT2D eigenvalue weighted by molar-refractivity contribution is 0.0466. The molecule has 3 rings (SSSR count). The number of carbonyl (C=O) groups is 1. The number of halogens is 3. The van der Waals surface area contributed by atoms with E-state index in [-0.39, 0.29) is 33.1 Å². The van der Waals surface area contributed by atoms with Crippen molar-refractivity contribution in [2.24, 2.45) is 0 Å². The molecule has 0 unspecified atom stereocenters. The molecule has 2 aromatic rings. The molecular weight excluding hydrogens is 419 g/mol. The van der Waals surface area contributed by atoms with Crippen LogP contribution in [0.3, 0.4) is 0 Å². The van der Waals surface area contributed by atoms with Crippen LogP contribution in [0.1, 0.15) is 23.3 Å². The highest BCUT2D eigenvalue weighted by molar-refractivity contribution is 8.93. The predicted molar refractivity (Wildman–Crippen MR) is 101 cm³/mol. The standard InChI is InChI=1S/C16H16Cl2N2O3.BrH/c17-10-7-11(18)15-12(8-10)19-13(9-14(15)21)16(22)23-6-5-20-3-1-2-4-20;/h7-9H,1-6H2,(H,19,21);1H. The Kier molecular flexibility index (Phi) is 6.69. The number of aromatic amines is 1. The Morgan fingerprint density at radius 2 is 1.92 bits per heavy atom. The van der Waals surface area contributed by atoms with E-state index in [0.717, 1.165) is 13.1 Å². The summed E-state index contributed by atoms with van der Waals surface area (Å²) < 4.78 is 5.24. The Morgan fingerprint density at radius 1 is 1.21 bits per heavy atom. The predicted octanol–water partition coefficient (Wildman–Crippen LogP) is 3.67. The summed E-state index contributed by atoms with van der Waals surface area (Å²) in [4.78, 5) is 29.4. The summed E-state index contributed by atoms with van der Waals surface area (Å²) in [5.74, 6) is -0.556. The molecule has 1 aliphatic rings. The first-order valence-corrected chi connectivity index (χ1v) is 8.22. The Bertz CT molecular complexity index is 804. The van der Waals surface area contributed by atoms with Gasteiger partial charge in [-0.3, -0.25) is 9.69 Å². The fourth-order valence-electron chi connectivity index (χ4n) is 2.77. The van der Waals surface area contributed by atoms with Gasteiger partial charge in [-0.25, -0.2) is 4.79 Å². The summed E-state index contributed by atoms with van der Waals surface area (Å²) in [6.45, 7) is 3.10. The molecule has 1 aliphatic heterocycles. The molecule has 1 N–H and O–H groups in total. The number of hydrogen-bond acceptors (Lipinski definition) is 4. The van der Waals surface area contributed by atoms with Gasteiger partial charge in [0.2, 0.25) is 0 Å². The number of fused-ring (bicyclic) bond motifs is 1. The number of H-pyrrole nitrogens is 1. The van der Waals surface area contributed by atoms with Gasteiger partial charge in [0.25, 0.3) is 0 Å². The minimum Gasteiger partial charge on any atom is -0.460 e. The molecule has 2 heterocycles. The van der Waals surface area contributed by atoms with Crippen molar-refractivity contribution in [1.82, 2.24) is 9.88 Å². The van der Waals surface area contributed by atoms with Crippen molar-refractivity contribution in [3.05, 3.63) is 44.2 Å². The number of nitrogens with zero attached hydrogens (tertiary/aromatic N) is 1. The zero-order valence-corrected chi connectivity index (χ0v) is 16.0. The van der Waals surface area contributed by atoms with Crippen LogP contribution in [0.15, 0.2) is 23.0 Å². The second-order valence-corrected chi connectivity index (χ2v) is 6.39. The SMILES string of the molecule is Br.O=C(OCCN1CCCC1)c1cc(=O)c2c(Cl)cc(Cl)cc2[nH]1. The van der Waals surface area contributed by atoms with Crippen LogP contribution in [0.5, 0.6) is 0 Å². The van der Waals surface area contributed by atoms with Crippen molar-refractivity contribution in [3.63, 3.8) is 0 Å². The molecule has 0 spiro atoms. The van der Waals surface area contributed by atoms with Gasteiger partial charge in [-0.1, -0.05) is 23.2 Å². The van der Waals surface area contributed by atoms with Crippen molar-refractivity contribution in [3.8, 4) is 0 Å². The molecule has 0 atom stereocenters. The Balaban J connectivity index is 0.00000208. The minimum absolute atomic E-state index is 0. The lowest BCUT2D eigenvalue weighted by Crippen LogP contribution is -2.25. The molecule has 0 bridgehead atoms. The van der Waals surface area contributed by atoms with Crippen molar-refractivity contribution in [2.75, 3.05) is 26.2 Å². The Labute approximate surface area is 159 Å². The van der Waals surface area contributed by atoms with Crippen LogP contribution in [-0.4, -0.2) is 42.1 Å². The number of pyridine rings is 1. The van der Waals surface area contributed by atoms with Crippen LogP contribution in [0.25, 0.3) is 10.9 Å². The molecule has 0 radical (unpaired) electrons. The van der Waals surface area contributed by atoms with E-state index < -0.39 is 5.97 Å². The molecule has 0 saturated carbocycles. The molecular formula is C16H17BrCl2N2O3. The van der Waals surface area contributed by atoms with Crippen molar-refractivity contribution < 1.29 is 9.53 Å². The number of benzene rings is 1. The van der Waals surface area contributed by atoms with E-state index in [2.05, 4.69) is 9.88 Å². The molecule has 8 heteroatoms. The number of esters is 1. The van der Waals surface area contributed by atoms with E-state index >= 15 is 0 Å². The molecule has 130 valence electrons. The van der Waals surface area contributed by atoms with Crippen LogP contribution in [0.2, 0.25) is 10.0 Å².